The van der Waals surface area contributed by atoms with E-state index < -0.39 is 0 Å². The maximum Gasteiger partial charge on any atom is 0.0944 e. The molecular weight excluding hydrogens is 100 g/mol. The first-order valence-electron chi connectivity index (χ1n) is 1.76. The van der Waals surface area contributed by atoms with Crippen LogP contribution in [0.4, 0.5) is 0 Å². The van der Waals surface area contributed by atoms with Gasteiger partial charge >= 0.3 is 0 Å². The molecule has 2 N–H and O–H groups in total. The fraction of sp³-hybridized carbons (Fsp3) is 1.00. The van der Waals surface area contributed by atoms with Gasteiger partial charge < -0.3 is 0 Å². The molecule has 0 atom stereocenters. The van der Waals surface area contributed by atoms with E-state index in [2.05, 4.69) is 10.3 Å². The molecule has 36 valence electrons. The average Bonchev–Trinajstić information content (AvgIpc) is 1.72. The molecular formula is C2H6N2OS. The Morgan fingerprint density at radius 1 is 1.67 bits per heavy atom. The maximum absolute atomic E-state index is 4.81. The Morgan fingerprint density at radius 2 is 2.67 bits per heavy atom. The van der Waals surface area contributed by atoms with Gasteiger partial charge in [0.25, 0.3) is 0 Å². The van der Waals surface area contributed by atoms with E-state index in [1.165, 1.54) is 12.2 Å². The normalized spacial score (nSPS) is 24.0. The summed E-state index contributed by atoms with van der Waals surface area (Å²) in [5.41, 5.74) is 2.87. The van der Waals surface area contributed by atoms with Crippen molar-refractivity contribution < 1.29 is 4.18 Å². The Bertz CT molecular complexity index is 27.0. The van der Waals surface area contributed by atoms with Crippen LogP contribution in [0.25, 0.3) is 0 Å². The van der Waals surface area contributed by atoms with Crippen LogP contribution in [0.15, 0.2) is 0 Å². The Labute approximate surface area is 40.7 Å². The molecule has 0 unspecified atom stereocenters. The molecule has 0 aromatic carbocycles. The first-order valence-corrected chi connectivity index (χ1v) is 2.50. The smallest absolute Gasteiger partial charge is 0.0944 e. The monoisotopic (exact) mass is 106 g/mol. The average molecular weight is 106 g/mol. The third-order valence-corrected chi connectivity index (χ3v) is 0.995. The van der Waals surface area contributed by atoms with Crippen molar-refractivity contribution in [2.24, 2.45) is 0 Å². The Balaban J connectivity index is 2.00. The molecule has 1 heterocycles. The fourth-order valence-corrected chi connectivity index (χ4v) is 0.631. The maximum atomic E-state index is 4.81. The lowest BCUT2D eigenvalue weighted by Gasteiger charge is -2.09. The molecule has 6 heavy (non-hydrogen) atoms. The molecule has 1 rings (SSSR count). The van der Waals surface area contributed by atoms with Gasteiger partial charge in [0.2, 0.25) is 0 Å². The molecule has 0 saturated carbocycles. The van der Waals surface area contributed by atoms with Crippen LogP contribution >= 0.6 is 12.2 Å². The van der Waals surface area contributed by atoms with Crippen molar-refractivity contribution in [3.63, 3.8) is 0 Å². The van der Waals surface area contributed by atoms with E-state index >= 15 is 0 Å². The number of rotatable bonds is 0. The first kappa shape index (κ1) is 4.39. The molecule has 0 spiro atoms. The molecule has 0 amide bonds. The van der Waals surface area contributed by atoms with Crippen molar-refractivity contribution in [3.8, 4) is 0 Å². The van der Waals surface area contributed by atoms with Crippen LogP contribution in [0, 0.1) is 0 Å². The second-order valence-electron chi connectivity index (χ2n) is 0.934. The predicted octanol–water partition coefficient (Wildman–Crippen LogP) is -0.326. The highest BCUT2D eigenvalue weighted by Gasteiger charge is 1.93. The third kappa shape index (κ3) is 1.14. The van der Waals surface area contributed by atoms with Crippen LogP contribution in [0.1, 0.15) is 0 Å². The van der Waals surface area contributed by atoms with E-state index in [-0.39, 0.29) is 0 Å². The second kappa shape index (κ2) is 2.41. The van der Waals surface area contributed by atoms with Gasteiger partial charge in [0.15, 0.2) is 0 Å². The zero-order valence-electron chi connectivity index (χ0n) is 3.23. The summed E-state index contributed by atoms with van der Waals surface area (Å²) in [6, 6.07) is 0. The summed E-state index contributed by atoms with van der Waals surface area (Å²) in [4.78, 5) is 2.73. The minimum atomic E-state index is 0.789. The highest BCUT2D eigenvalue weighted by molar-refractivity contribution is 7.92. The zero-order chi connectivity index (χ0) is 4.24. The highest BCUT2D eigenvalue weighted by atomic mass is 32.2. The lowest BCUT2D eigenvalue weighted by Crippen LogP contribution is -2.33. The van der Waals surface area contributed by atoms with Gasteiger partial charge in [0.05, 0.1) is 18.8 Å². The lowest BCUT2D eigenvalue weighted by molar-refractivity contribution is 0.331. The Morgan fingerprint density at radius 3 is 2.83 bits per heavy atom. The summed E-state index contributed by atoms with van der Waals surface area (Å²) >= 11 is 1.23. The van der Waals surface area contributed by atoms with Crippen LogP contribution in [0.3, 0.4) is 0 Å². The van der Waals surface area contributed by atoms with Gasteiger partial charge in [-0.25, -0.2) is 5.43 Å². The summed E-state index contributed by atoms with van der Waals surface area (Å²) < 4.78 is 4.81. The van der Waals surface area contributed by atoms with Crippen LogP contribution in [0.5, 0.6) is 0 Å². The van der Waals surface area contributed by atoms with Crippen LogP contribution in [0.2, 0.25) is 0 Å². The van der Waals surface area contributed by atoms with Gasteiger partial charge in [0, 0.05) is 6.54 Å². The summed E-state index contributed by atoms with van der Waals surface area (Å²) in [6.45, 7) is 1.69. The molecule has 0 bridgehead atoms. The molecule has 1 aliphatic rings. The van der Waals surface area contributed by atoms with E-state index in [9.17, 15) is 0 Å². The molecule has 0 radical (unpaired) electrons. The highest BCUT2D eigenvalue weighted by Crippen LogP contribution is 1.94. The quantitative estimate of drug-likeness (QED) is 0.327. The number of hydrogen-bond acceptors (Lipinski definition) is 4. The Kier molecular flexibility index (Phi) is 1.76. The molecule has 3 nitrogen and oxygen atoms in total. The largest absolute Gasteiger partial charge is 0.299 e. The fourth-order valence-electron chi connectivity index (χ4n) is 0.244. The third-order valence-electron chi connectivity index (χ3n) is 0.483. The van der Waals surface area contributed by atoms with Crippen LogP contribution in [-0.4, -0.2) is 13.2 Å². The zero-order valence-corrected chi connectivity index (χ0v) is 4.05. The van der Waals surface area contributed by atoms with Crippen molar-refractivity contribution in [2.45, 2.75) is 0 Å². The second-order valence-corrected chi connectivity index (χ2v) is 1.54. The predicted molar refractivity (Wildman–Crippen MR) is 24.7 cm³/mol. The van der Waals surface area contributed by atoms with Crippen molar-refractivity contribution >= 4 is 12.2 Å². The van der Waals surface area contributed by atoms with Crippen molar-refractivity contribution in [3.05, 3.63) is 0 Å². The minimum Gasteiger partial charge on any atom is -0.299 e. The molecule has 0 aliphatic carbocycles. The summed E-state index contributed by atoms with van der Waals surface area (Å²) in [5.74, 6) is 0. The molecule has 0 aromatic rings. The van der Waals surface area contributed by atoms with Gasteiger partial charge in [-0.05, 0) is 0 Å². The summed E-state index contributed by atoms with van der Waals surface area (Å²) in [6.07, 6.45) is 0. The van der Waals surface area contributed by atoms with E-state index in [1.54, 1.807) is 0 Å². The molecule has 1 aliphatic heterocycles. The standard InChI is InChI=1S/C2H6N2OS/c1-2-5-6-4-3-1/h3-4H,1-2H2. The molecule has 1 saturated heterocycles. The topological polar surface area (TPSA) is 33.3 Å². The van der Waals surface area contributed by atoms with Gasteiger partial charge in [-0.1, -0.05) is 0 Å². The molecule has 4 heteroatoms. The summed E-state index contributed by atoms with van der Waals surface area (Å²) in [5, 5.41) is 0. The minimum absolute atomic E-state index is 0.789. The van der Waals surface area contributed by atoms with E-state index in [0.717, 1.165) is 13.2 Å². The SMILES string of the molecule is C1COSNN1. The van der Waals surface area contributed by atoms with Crippen molar-refractivity contribution in [1.82, 2.24) is 10.3 Å². The molecule has 0 aromatic heterocycles. The van der Waals surface area contributed by atoms with Crippen molar-refractivity contribution in [1.29, 1.82) is 0 Å². The Hall–Kier alpha value is 0.230. The van der Waals surface area contributed by atoms with Gasteiger partial charge in [-0.3, -0.25) is 4.18 Å². The summed E-state index contributed by atoms with van der Waals surface area (Å²) in [7, 11) is 0. The molecule has 1 fully saturated rings. The van der Waals surface area contributed by atoms with E-state index in [4.69, 9.17) is 4.18 Å². The van der Waals surface area contributed by atoms with Gasteiger partial charge in [0.1, 0.15) is 0 Å². The van der Waals surface area contributed by atoms with E-state index in [0.29, 0.717) is 0 Å². The van der Waals surface area contributed by atoms with Crippen LogP contribution < -0.4 is 10.3 Å². The lowest BCUT2D eigenvalue weighted by atomic mass is 10.7. The number of hydrogen-bond donors (Lipinski definition) is 2. The van der Waals surface area contributed by atoms with Crippen molar-refractivity contribution in [2.75, 3.05) is 13.2 Å². The van der Waals surface area contributed by atoms with Gasteiger partial charge in [-0.15, -0.1) is 0 Å². The van der Waals surface area contributed by atoms with E-state index in [1.807, 2.05) is 0 Å². The first-order chi connectivity index (χ1) is 3.00. The number of hydrazine groups is 1. The number of nitrogens with one attached hydrogen (secondary N) is 2. The van der Waals surface area contributed by atoms with Gasteiger partial charge in [-0.2, -0.15) is 4.83 Å². The van der Waals surface area contributed by atoms with Crippen LogP contribution in [-0.2, 0) is 4.18 Å².